The smallest absolute Gasteiger partial charge is 0.214 e. The molecule has 1 aromatic carbocycles. The van der Waals surface area contributed by atoms with Gasteiger partial charge < -0.3 is 0 Å². The van der Waals surface area contributed by atoms with Crippen LogP contribution in [0.2, 0.25) is 10.0 Å². The van der Waals surface area contributed by atoms with Gasteiger partial charge in [-0.2, -0.15) is 0 Å². The van der Waals surface area contributed by atoms with Crippen molar-refractivity contribution in [1.29, 1.82) is 0 Å². The molecule has 2 rings (SSSR count). The van der Waals surface area contributed by atoms with E-state index in [1.54, 1.807) is 17.5 Å². The zero-order valence-electron chi connectivity index (χ0n) is 7.28. The first-order valence-electron chi connectivity index (χ1n) is 3.95. The van der Waals surface area contributed by atoms with Crippen LogP contribution in [0.25, 0.3) is 0 Å². The van der Waals surface area contributed by atoms with Crippen LogP contribution in [0, 0.1) is 0 Å². The van der Waals surface area contributed by atoms with Gasteiger partial charge in [0.2, 0.25) is 5.78 Å². The van der Waals surface area contributed by atoms with Crippen molar-refractivity contribution in [3.8, 4) is 0 Å². The van der Waals surface area contributed by atoms with Gasteiger partial charge in [-0.3, -0.25) is 4.79 Å². The maximum absolute atomic E-state index is 11.8. The molecule has 0 amide bonds. The van der Waals surface area contributed by atoms with E-state index in [-0.39, 0.29) is 5.78 Å². The number of hydrogen-bond donors (Lipinski definition) is 0. The highest BCUT2D eigenvalue weighted by Gasteiger charge is 2.12. The Hall–Kier alpha value is -0.970. The van der Waals surface area contributed by atoms with Gasteiger partial charge in [-0.05, 0) is 29.7 Å². The molecule has 6 heteroatoms. The first-order valence-corrected chi connectivity index (χ1v) is 5.54. The Morgan fingerprint density at radius 3 is 2.67 bits per heavy atom. The van der Waals surface area contributed by atoms with E-state index in [0.29, 0.717) is 21.3 Å². The summed E-state index contributed by atoms with van der Waals surface area (Å²) in [4.78, 5) is 11.8. The lowest BCUT2D eigenvalue weighted by atomic mass is 10.1. The predicted molar refractivity (Wildman–Crippen MR) is 59.8 cm³/mol. The van der Waals surface area contributed by atoms with E-state index in [9.17, 15) is 4.79 Å². The van der Waals surface area contributed by atoms with E-state index in [1.165, 1.54) is 6.07 Å². The molecule has 1 aromatic heterocycles. The Bertz CT molecular complexity index is 499. The second kappa shape index (κ2) is 4.26. The molecule has 2 aromatic rings. The standard InChI is InChI=1S/C9H4Cl2N2OS/c10-6-2-1-5(3-7(6)11)9(14)8-4-15-13-12-8/h1-4H. The van der Waals surface area contributed by atoms with Crippen LogP contribution in [0.1, 0.15) is 16.1 Å². The molecule has 0 saturated heterocycles. The SMILES string of the molecule is O=C(c1ccc(Cl)c(Cl)c1)c1csnn1. The van der Waals surface area contributed by atoms with Gasteiger partial charge in [0.05, 0.1) is 10.0 Å². The molecule has 0 atom stereocenters. The second-order valence-corrected chi connectivity index (χ2v) is 4.17. The summed E-state index contributed by atoms with van der Waals surface area (Å²) >= 11 is 12.7. The topological polar surface area (TPSA) is 42.9 Å². The number of carbonyl (C=O) groups is 1. The normalized spacial score (nSPS) is 10.3. The number of rotatable bonds is 2. The van der Waals surface area contributed by atoms with E-state index >= 15 is 0 Å². The predicted octanol–water partition coefficient (Wildman–Crippen LogP) is 3.08. The minimum atomic E-state index is -0.206. The Morgan fingerprint density at radius 1 is 1.27 bits per heavy atom. The lowest BCUT2D eigenvalue weighted by Gasteiger charge is -1.99. The van der Waals surface area contributed by atoms with Crippen molar-refractivity contribution < 1.29 is 4.79 Å². The Morgan fingerprint density at radius 2 is 2.07 bits per heavy atom. The molecule has 0 bridgehead atoms. The van der Waals surface area contributed by atoms with Crippen LogP contribution in [-0.2, 0) is 0 Å². The molecular weight excluding hydrogens is 255 g/mol. The number of nitrogens with zero attached hydrogens (tertiary/aromatic N) is 2. The molecule has 0 radical (unpaired) electrons. The second-order valence-electron chi connectivity index (χ2n) is 2.75. The van der Waals surface area contributed by atoms with Crippen LogP contribution >= 0.6 is 34.7 Å². The summed E-state index contributed by atoms with van der Waals surface area (Å²) in [5.74, 6) is -0.206. The molecule has 0 saturated carbocycles. The van der Waals surface area contributed by atoms with E-state index in [4.69, 9.17) is 23.2 Å². The molecule has 0 N–H and O–H groups in total. The molecule has 0 aliphatic carbocycles. The van der Waals surface area contributed by atoms with Crippen LogP contribution in [0.4, 0.5) is 0 Å². The van der Waals surface area contributed by atoms with Crippen LogP contribution in [-0.4, -0.2) is 15.4 Å². The zero-order chi connectivity index (χ0) is 10.8. The summed E-state index contributed by atoms with van der Waals surface area (Å²) in [7, 11) is 0. The molecule has 0 fully saturated rings. The quantitative estimate of drug-likeness (QED) is 0.778. The highest BCUT2D eigenvalue weighted by atomic mass is 35.5. The third-order valence-electron chi connectivity index (χ3n) is 1.77. The van der Waals surface area contributed by atoms with Crippen molar-refractivity contribution in [3.63, 3.8) is 0 Å². The molecule has 15 heavy (non-hydrogen) atoms. The number of hydrogen-bond acceptors (Lipinski definition) is 4. The molecule has 0 aliphatic rings. The maximum atomic E-state index is 11.8. The molecule has 3 nitrogen and oxygen atoms in total. The van der Waals surface area contributed by atoms with Crippen LogP contribution < -0.4 is 0 Å². The van der Waals surface area contributed by atoms with E-state index in [2.05, 4.69) is 9.59 Å². The van der Waals surface area contributed by atoms with Gasteiger partial charge in [0, 0.05) is 10.9 Å². The molecular formula is C9H4Cl2N2OS. The van der Waals surface area contributed by atoms with E-state index in [0.717, 1.165) is 11.5 Å². The highest BCUT2D eigenvalue weighted by molar-refractivity contribution is 7.03. The van der Waals surface area contributed by atoms with Crippen LogP contribution in [0.15, 0.2) is 23.6 Å². The summed E-state index contributed by atoms with van der Waals surface area (Å²) in [6.45, 7) is 0. The van der Waals surface area contributed by atoms with Gasteiger partial charge in [-0.25, -0.2) is 0 Å². The number of carbonyl (C=O) groups excluding carboxylic acids is 1. The fourth-order valence-corrected chi connectivity index (χ4v) is 1.78. The third kappa shape index (κ3) is 2.17. The Balaban J connectivity index is 2.39. The monoisotopic (exact) mass is 258 g/mol. The summed E-state index contributed by atoms with van der Waals surface area (Å²) in [6.07, 6.45) is 0. The minimum Gasteiger partial charge on any atom is -0.287 e. The fraction of sp³-hybridized carbons (Fsp3) is 0. The number of aromatic nitrogens is 2. The lowest BCUT2D eigenvalue weighted by Crippen LogP contribution is -2.01. The highest BCUT2D eigenvalue weighted by Crippen LogP contribution is 2.23. The maximum Gasteiger partial charge on any atom is 0.214 e. The average molecular weight is 259 g/mol. The minimum absolute atomic E-state index is 0.206. The van der Waals surface area contributed by atoms with Crippen LogP contribution in [0.5, 0.6) is 0 Å². The van der Waals surface area contributed by atoms with Gasteiger partial charge in [-0.1, -0.05) is 27.7 Å². The number of ketones is 1. The first-order chi connectivity index (χ1) is 7.18. The summed E-state index contributed by atoms with van der Waals surface area (Å²) in [6, 6.07) is 4.71. The Kier molecular flexibility index (Phi) is 3.00. The fourth-order valence-electron chi connectivity index (χ4n) is 1.05. The molecule has 0 spiro atoms. The molecule has 1 heterocycles. The van der Waals surface area contributed by atoms with E-state index in [1.807, 2.05) is 0 Å². The number of benzene rings is 1. The Labute approximate surface area is 99.8 Å². The first kappa shape index (κ1) is 10.5. The van der Waals surface area contributed by atoms with Crippen molar-refractivity contribution in [2.24, 2.45) is 0 Å². The van der Waals surface area contributed by atoms with Gasteiger partial charge >= 0.3 is 0 Å². The van der Waals surface area contributed by atoms with Crippen LogP contribution in [0.3, 0.4) is 0 Å². The van der Waals surface area contributed by atoms with Crippen molar-refractivity contribution in [3.05, 3.63) is 44.9 Å². The van der Waals surface area contributed by atoms with Crippen molar-refractivity contribution in [2.45, 2.75) is 0 Å². The van der Waals surface area contributed by atoms with Crippen molar-refractivity contribution >= 4 is 40.5 Å². The van der Waals surface area contributed by atoms with Gasteiger partial charge in [0.15, 0.2) is 0 Å². The molecule has 0 unspecified atom stereocenters. The number of halogens is 2. The summed E-state index contributed by atoms with van der Waals surface area (Å²) in [5.41, 5.74) is 0.774. The molecule has 76 valence electrons. The summed E-state index contributed by atoms with van der Waals surface area (Å²) < 4.78 is 3.62. The lowest BCUT2D eigenvalue weighted by molar-refractivity contribution is 0.103. The zero-order valence-corrected chi connectivity index (χ0v) is 9.60. The van der Waals surface area contributed by atoms with Crippen molar-refractivity contribution in [2.75, 3.05) is 0 Å². The van der Waals surface area contributed by atoms with Crippen molar-refractivity contribution in [1.82, 2.24) is 9.59 Å². The van der Waals surface area contributed by atoms with Gasteiger partial charge in [0.1, 0.15) is 5.69 Å². The third-order valence-corrected chi connectivity index (χ3v) is 3.02. The van der Waals surface area contributed by atoms with Gasteiger partial charge in [0.25, 0.3) is 0 Å². The average Bonchev–Trinajstić information content (AvgIpc) is 2.74. The largest absolute Gasteiger partial charge is 0.287 e. The van der Waals surface area contributed by atoms with Gasteiger partial charge in [-0.15, -0.1) is 5.10 Å². The molecule has 0 aliphatic heterocycles. The van der Waals surface area contributed by atoms with E-state index < -0.39 is 0 Å². The summed E-state index contributed by atoms with van der Waals surface area (Å²) in [5, 5.41) is 6.05.